The zero-order valence-electron chi connectivity index (χ0n) is 11.3. The van der Waals surface area contributed by atoms with Crippen LogP contribution in [0.4, 0.5) is 5.13 Å². The first-order chi connectivity index (χ1) is 10.3. The van der Waals surface area contributed by atoms with Crippen molar-refractivity contribution in [2.24, 2.45) is 0 Å². The van der Waals surface area contributed by atoms with Gasteiger partial charge in [0.15, 0.2) is 5.13 Å². The molecule has 0 unspecified atom stereocenters. The molecule has 1 atom stereocenters. The number of thiazole rings is 1. The van der Waals surface area contributed by atoms with Crippen molar-refractivity contribution in [1.82, 2.24) is 9.88 Å². The van der Waals surface area contributed by atoms with Crippen LogP contribution in [0.15, 0.2) is 29.1 Å². The number of carbonyl (C=O) groups is 2. The first kappa shape index (κ1) is 14.2. The van der Waals surface area contributed by atoms with Gasteiger partial charge < -0.3 is 10.2 Å². The van der Waals surface area contributed by atoms with Crippen molar-refractivity contribution in [3.05, 3.63) is 34.0 Å². The normalized spacial score (nSPS) is 18.5. The molecule has 2 amide bonds. The minimum Gasteiger partial charge on any atom is -0.326 e. The Hall–Kier alpha value is -1.73. The number of piperidine rings is 1. The van der Waals surface area contributed by atoms with Crippen LogP contribution in [0, 0.1) is 0 Å². The van der Waals surface area contributed by atoms with Gasteiger partial charge in [0.05, 0.1) is 4.88 Å². The van der Waals surface area contributed by atoms with Gasteiger partial charge in [0.25, 0.3) is 5.91 Å². The first-order valence-electron chi connectivity index (χ1n) is 6.80. The summed E-state index contributed by atoms with van der Waals surface area (Å²) in [4.78, 5) is 31.4. The predicted octanol–water partition coefficient (Wildman–Crippen LogP) is 2.84. The summed E-state index contributed by atoms with van der Waals surface area (Å²) in [5.74, 6) is -0.196. The van der Waals surface area contributed by atoms with Gasteiger partial charge in [-0.05, 0) is 30.7 Å². The molecule has 5 nitrogen and oxygen atoms in total. The van der Waals surface area contributed by atoms with Crippen molar-refractivity contribution in [2.75, 3.05) is 11.9 Å². The molecule has 0 bridgehead atoms. The third-order valence-corrected chi connectivity index (χ3v) is 5.01. The number of amides is 2. The summed E-state index contributed by atoms with van der Waals surface area (Å²) >= 11 is 2.79. The van der Waals surface area contributed by atoms with Crippen molar-refractivity contribution in [3.8, 4) is 0 Å². The SMILES string of the molecule is O=C(Nc1nccs1)[C@H]1CCCCN1C(=O)c1cccs1. The van der Waals surface area contributed by atoms with Gasteiger partial charge in [-0.3, -0.25) is 9.59 Å². The lowest BCUT2D eigenvalue weighted by atomic mass is 10.0. The van der Waals surface area contributed by atoms with E-state index in [1.807, 2.05) is 16.8 Å². The highest BCUT2D eigenvalue weighted by Gasteiger charge is 2.33. The van der Waals surface area contributed by atoms with Crippen LogP contribution in [-0.4, -0.2) is 34.3 Å². The Morgan fingerprint density at radius 1 is 1.29 bits per heavy atom. The molecule has 1 N–H and O–H groups in total. The summed E-state index contributed by atoms with van der Waals surface area (Å²) in [6, 6.07) is 3.25. The molecule has 21 heavy (non-hydrogen) atoms. The topological polar surface area (TPSA) is 62.3 Å². The molecule has 0 spiro atoms. The summed E-state index contributed by atoms with van der Waals surface area (Å²) < 4.78 is 0. The number of hydrogen-bond acceptors (Lipinski definition) is 5. The molecule has 1 fully saturated rings. The van der Waals surface area contributed by atoms with E-state index in [4.69, 9.17) is 0 Å². The Bertz CT molecular complexity index is 610. The lowest BCUT2D eigenvalue weighted by Crippen LogP contribution is -2.49. The number of anilines is 1. The minimum atomic E-state index is -0.405. The second-order valence-electron chi connectivity index (χ2n) is 4.81. The third kappa shape index (κ3) is 3.14. The summed E-state index contributed by atoms with van der Waals surface area (Å²) in [5.41, 5.74) is 0. The van der Waals surface area contributed by atoms with Crippen LogP contribution in [0.25, 0.3) is 0 Å². The number of likely N-dealkylation sites (tertiary alicyclic amines) is 1. The molecule has 0 aromatic carbocycles. The van der Waals surface area contributed by atoms with E-state index in [1.165, 1.54) is 22.7 Å². The Kier molecular flexibility index (Phi) is 4.31. The summed E-state index contributed by atoms with van der Waals surface area (Å²) in [6.45, 7) is 0.632. The molecule has 1 aliphatic rings. The highest BCUT2D eigenvalue weighted by molar-refractivity contribution is 7.13. The van der Waals surface area contributed by atoms with Gasteiger partial charge >= 0.3 is 0 Å². The van der Waals surface area contributed by atoms with Crippen LogP contribution in [0.5, 0.6) is 0 Å². The molecule has 2 aromatic heterocycles. The molecule has 3 heterocycles. The number of carbonyl (C=O) groups excluding carboxylic acids is 2. The van der Waals surface area contributed by atoms with Crippen molar-refractivity contribution in [1.29, 1.82) is 0 Å². The van der Waals surface area contributed by atoms with Gasteiger partial charge in [0, 0.05) is 18.1 Å². The molecule has 0 aliphatic carbocycles. The Morgan fingerprint density at radius 2 is 2.19 bits per heavy atom. The average Bonchev–Trinajstić information content (AvgIpc) is 3.19. The number of nitrogens with one attached hydrogen (secondary N) is 1. The highest BCUT2D eigenvalue weighted by atomic mass is 32.1. The largest absolute Gasteiger partial charge is 0.326 e. The molecule has 0 saturated carbocycles. The van der Waals surface area contributed by atoms with E-state index in [9.17, 15) is 9.59 Å². The van der Waals surface area contributed by atoms with Crippen molar-refractivity contribution in [2.45, 2.75) is 25.3 Å². The molecule has 2 aromatic rings. The monoisotopic (exact) mass is 321 g/mol. The number of rotatable bonds is 3. The van der Waals surface area contributed by atoms with Gasteiger partial charge in [-0.1, -0.05) is 6.07 Å². The lowest BCUT2D eigenvalue weighted by Gasteiger charge is -2.34. The molecule has 7 heteroatoms. The Labute approximate surface area is 130 Å². The van der Waals surface area contributed by atoms with Gasteiger partial charge in [0.2, 0.25) is 5.91 Å². The summed E-state index contributed by atoms with van der Waals surface area (Å²) in [5, 5.41) is 7.07. The highest BCUT2D eigenvalue weighted by Crippen LogP contribution is 2.23. The fourth-order valence-electron chi connectivity index (χ4n) is 2.46. The number of hydrogen-bond donors (Lipinski definition) is 1. The van der Waals surface area contributed by atoms with Crippen LogP contribution >= 0.6 is 22.7 Å². The second-order valence-corrected chi connectivity index (χ2v) is 6.66. The van der Waals surface area contributed by atoms with Crippen molar-refractivity contribution in [3.63, 3.8) is 0 Å². The molecule has 1 aliphatic heterocycles. The minimum absolute atomic E-state index is 0.0519. The zero-order chi connectivity index (χ0) is 14.7. The van der Waals surface area contributed by atoms with Gasteiger partial charge in [-0.15, -0.1) is 22.7 Å². The van der Waals surface area contributed by atoms with Crippen LogP contribution < -0.4 is 5.32 Å². The predicted molar refractivity (Wildman–Crippen MR) is 83.7 cm³/mol. The van der Waals surface area contributed by atoms with Crippen molar-refractivity contribution < 1.29 is 9.59 Å². The zero-order valence-corrected chi connectivity index (χ0v) is 13.0. The maximum absolute atomic E-state index is 12.5. The molecule has 3 rings (SSSR count). The maximum Gasteiger partial charge on any atom is 0.264 e. The fraction of sp³-hybridized carbons (Fsp3) is 0.357. The molecular weight excluding hydrogens is 306 g/mol. The fourth-order valence-corrected chi connectivity index (χ4v) is 3.67. The van der Waals surface area contributed by atoms with E-state index in [0.717, 1.165) is 12.8 Å². The quantitative estimate of drug-likeness (QED) is 0.945. The van der Waals surface area contributed by atoms with E-state index in [1.54, 1.807) is 17.2 Å². The first-order valence-corrected chi connectivity index (χ1v) is 8.56. The van der Waals surface area contributed by atoms with Crippen LogP contribution in [0.3, 0.4) is 0 Å². The Balaban J connectivity index is 1.75. The Morgan fingerprint density at radius 3 is 2.90 bits per heavy atom. The van der Waals surface area contributed by atoms with E-state index in [2.05, 4.69) is 10.3 Å². The number of aromatic nitrogens is 1. The molecular formula is C14H15N3O2S2. The summed E-state index contributed by atoms with van der Waals surface area (Å²) in [7, 11) is 0. The van der Waals surface area contributed by atoms with E-state index in [-0.39, 0.29) is 11.8 Å². The van der Waals surface area contributed by atoms with Crippen LogP contribution in [-0.2, 0) is 4.79 Å². The van der Waals surface area contributed by atoms with Gasteiger partial charge in [0.1, 0.15) is 6.04 Å². The lowest BCUT2D eigenvalue weighted by molar-refractivity contribution is -0.121. The van der Waals surface area contributed by atoms with E-state index in [0.29, 0.717) is 23.0 Å². The average molecular weight is 321 g/mol. The molecule has 1 saturated heterocycles. The third-order valence-electron chi connectivity index (χ3n) is 3.46. The number of nitrogens with zero attached hydrogens (tertiary/aromatic N) is 2. The molecule has 0 radical (unpaired) electrons. The molecule has 110 valence electrons. The van der Waals surface area contributed by atoms with E-state index >= 15 is 0 Å². The standard InChI is InChI=1S/C14H15N3O2S2/c18-12(16-14-15-6-9-21-14)10-4-1-2-7-17(10)13(19)11-5-3-8-20-11/h3,5-6,8-10H,1-2,4,7H2,(H,15,16,18)/t10-/m1/s1. The summed E-state index contributed by atoms with van der Waals surface area (Å²) in [6.07, 6.45) is 4.26. The van der Waals surface area contributed by atoms with Crippen molar-refractivity contribution >= 4 is 39.6 Å². The van der Waals surface area contributed by atoms with Gasteiger partial charge in [-0.25, -0.2) is 4.98 Å². The van der Waals surface area contributed by atoms with E-state index < -0.39 is 6.04 Å². The number of thiophene rings is 1. The second kappa shape index (κ2) is 6.36. The maximum atomic E-state index is 12.5. The van der Waals surface area contributed by atoms with Crippen LogP contribution in [0.2, 0.25) is 0 Å². The van der Waals surface area contributed by atoms with Gasteiger partial charge in [-0.2, -0.15) is 0 Å². The smallest absolute Gasteiger partial charge is 0.264 e. The van der Waals surface area contributed by atoms with Crippen LogP contribution in [0.1, 0.15) is 28.9 Å².